The molecule has 18 heavy (non-hydrogen) atoms. The van der Waals surface area contributed by atoms with Crippen LogP contribution >= 0.6 is 11.6 Å². The zero-order valence-corrected chi connectivity index (χ0v) is 13.2. The van der Waals surface area contributed by atoms with Crippen molar-refractivity contribution in [3.63, 3.8) is 0 Å². The predicted molar refractivity (Wildman–Crippen MR) is 78.2 cm³/mol. The van der Waals surface area contributed by atoms with Gasteiger partial charge in [-0.1, -0.05) is 32.4 Å². The van der Waals surface area contributed by atoms with Crippen molar-refractivity contribution >= 4 is 11.6 Å². The molecular weight excluding hydrogens is 246 g/mol. The Labute approximate surface area is 116 Å². The first kappa shape index (κ1) is 15.5. The van der Waals surface area contributed by atoms with Gasteiger partial charge in [0, 0.05) is 13.1 Å². The van der Waals surface area contributed by atoms with Gasteiger partial charge in [-0.2, -0.15) is 5.10 Å². The predicted octanol–water partition coefficient (Wildman–Crippen LogP) is 3.29. The van der Waals surface area contributed by atoms with Gasteiger partial charge in [-0.15, -0.1) is 0 Å². The molecule has 0 fully saturated rings. The van der Waals surface area contributed by atoms with Gasteiger partial charge in [0.2, 0.25) is 0 Å². The molecule has 1 heterocycles. The smallest absolute Gasteiger partial charge is 0.0847 e. The van der Waals surface area contributed by atoms with Crippen molar-refractivity contribution in [2.75, 3.05) is 13.6 Å². The number of aryl methyl sites for hydroxylation is 2. The molecule has 0 bridgehead atoms. The molecule has 3 nitrogen and oxygen atoms in total. The Kier molecular flexibility index (Phi) is 5.23. The van der Waals surface area contributed by atoms with Crippen LogP contribution in [0.15, 0.2) is 0 Å². The minimum absolute atomic E-state index is 0.192. The lowest BCUT2D eigenvalue weighted by Crippen LogP contribution is -2.37. The molecule has 1 aromatic heterocycles. The molecule has 0 saturated heterocycles. The Bertz CT molecular complexity index is 398. The SMILES string of the molecule is CCn1nc(C)c(Cl)c1CC(C)(CNC)C(C)C. The van der Waals surface area contributed by atoms with Gasteiger partial charge in [-0.05, 0) is 38.6 Å². The summed E-state index contributed by atoms with van der Waals surface area (Å²) in [7, 11) is 2.00. The number of nitrogens with one attached hydrogen (secondary N) is 1. The van der Waals surface area contributed by atoms with E-state index in [1.807, 2.05) is 18.7 Å². The Morgan fingerprint density at radius 2 is 2.06 bits per heavy atom. The van der Waals surface area contributed by atoms with Crippen molar-refractivity contribution in [1.82, 2.24) is 15.1 Å². The molecule has 0 aliphatic heterocycles. The first-order chi connectivity index (χ1) is 8.35. The maximum absolute atomic E-state index is 6.40. The maximum Gasteiger partial charge on any atom is 0.0847 e. The third kappa shape index (κ3) is 3.07. The minimum Gasteiger partial charge on any atom is -0.319 e. The maximum atomic E-state index is 6.40. The van der Waals surface area contributed by atoms with Crippen molar-refractivity contribution in [3.05, 3.63) is 16.4 Å². The lowest BCUT2D eigenvalue weighted by Gasteiger charge is -2.34. The van der Waals surface area contributed by atoms with E-state index in [2.05, 4.69) is 38.1 Å². The van der Waals surface area contributed by atoms with Crippen LogP contribution in [0, 0.1) is 18.3 Å². The van der Waals surface area contributed by atoms with Crippen LogP contribution in [0.4, 0.5) is 0 Å². The van der Waals surface area contributed by atoms with Gasteiger partial charge in [0.05, 0.1) is 16.4 Å². The van der Waals surface area contributed by atoms with Crippen LogP contribution in [0.2, 0.25) is 5.02 Å². The van der Waals surface area contributed by atoms with Crippen LogP contribution in [-0.2, 0) is 13.0 Å². The summed E-state index contributed by atoms with van der Waals surface area (Å²) in [4.78, 5) is 0. The second-order valence-corrected chi connectivity index (χ2v) is 6.06. The standard InChI is InChI=1S/C14H26ClN3/c1-7-18-12(13(15)11(4)17-18)8-14(5,9-16-6)10(2)3/h10,16H,7-9H2,1-6H3. The monoisotopic (exact) mass is 271 g/mol. The van der Waals surface area contributed by atoms with Crippen LogP contribution in [0.3, 0.4) is 0 Å². The molecule has 0 amide bonds. The summed E-state index contributed by atoms with van der Waals surface area (Å²) >= 11 is 6.40. The second-order valence-electron chi connectivity index (χ2n) is 5.68. The van der Waals surface area contributed by atoms with E-state index >= 15 is 0 Å². The summed E-state index contributed by atoms with van der Waals surface area (Å²) in [6.45, 7) is 12.8. The zero-order valence-electron chi connectivity index (χ0n) is 12.5. The molecule has 1 aromatic rings. The van der Waals surface area contributed by atoms with Crippen LogP contribution in [0.1, 0.15) is 39.1 Å². The topological polar surface area (TPSA) is 29.9 Å². The molecule has 4 heteroatoms. The third-order valence-corrected chi connectivity index (χ3v) is 4.49. The molecule has 0 aromatic carbocycles. The van der Waals surface area contributed by atoms with Gasteiger partial charge in [-0.25, -0.2) is 0 Å². The van der Waals surface area contributed by atoms with Crippen molar-refractivity contribution in [3.8, 4) is 0 Å². The molecular formula is C14H26ClN3. The first-order valence-electron chi connectivity index (χ1n) is 6.72. The minimum atomic E-state index is 0.192. The Morgan fingerprint density at radius 3 is 2.50 bits per heavy atom. The molecule has 0 aliphatic rings. The summed E-state index contributed by atoms with van der Waals surface area (Å²) in [6.07, 6.45) is 0.957. The molecule has 1 atom stereocenters. The second kappa shape index (κ2) is 6.07. The van der Waals surface area contributed by atoms with E-state index in [0.717, 1.165) is 30.2 Å². The summed E-state index contributed by atoms with van der Waals surface area (Å²) < 4.78 is 2.04. The van der Waals surface area contributed by atoms with Crippen LogP contribution in [0.5, 0.6) is 0 Å². The Morgan fingerprint density at radius 1 is 1.44 bits per heavy atom. The molecule has 0 spiro atoms. The summed E-state index contributed by atoms with van der Waals surface area (Å²) in [5, 5.41) is 8.63. The largest absolute Gasteiger partial charge is 0.319 e. The lowest BCUT2D eigenvalue weighted by molar-refractivity contribution is 0.207. The summed E-state index contributed by atoms with van der Waals surface area (Å²) in [6, 6.07) is 0. The van der Waals surface area contributed by atoms with Crippen LogP contribution in [0.25, 0.3) is 0 Å². The highest BCUT2D eigenvalue weighted by Crippen LogP contribution is 2.34. The molecule has 0 saturated carbocycles. The van der Waals surface area contributed by atoms with Crippen molar-refractivity contribution in [1.29, 1.82) is 0 Å². The van der Waals surface area contributed by atoms with Crippen molar-refractivity contribution in [2.24, 2.45) is 11.3 Å². The molecule has 1 N–H and O–H groups in total. The first-order valence-corrected chi connectivity index (χ1v) is 7.10. The Balaban J connectivity index is 3.07. The van der Waals surface area contributed by atoms with Crippen LogP contribution < -0.4 is 5.32 Å². The van der Waals surface area contributed by atoms with Gasteiger partial charge in [0.15, 0.2) is 0 Å². The highest BCUT2D eigenvalue weighted by Gasteiger charge is 2.30. The average molecular weight is 272 g/mol. The quantitative estimate of drug-likeness (QED) is 0.860. The lowest BCUT2D eigenvalue weighted by atomic mass is 9.75. The normalized spacial score (nSPS) is 15.1. The fourth-order valence-corrected chi connectivity index (χ4v) is 2.50. The highest BCUT2D eigenvalue weighted by molar-refractivity contribution is 6.31. The van der Waals surface area contributed by atoms with E-state index in [1.54, 1.807) is 0 Å². The van der Waals surface area contributed by atoms with E-state index in [9.17, 15) is 0 Å². The fraction of sp³-hybridized carbons (Fsp3) is 0.786. The van der Waals surface area contributed by atoms with E-state index in [4.69, 9.17) is 11.6 Å². The number of nitrogens with zero attached hydrogens (tertiary/aromatic N) is 2. The molecule has 1 rings (SSSR count). The number of aromatic nitrogens is 2. The third-order valence-electron chi connectivity index (χ3n) is 4.00. The zero-order chi connectivity index (χ0) is 13.9. The highest BCUT2D eigenvalue weighted by atomic mass is 35.5. The number of hydrogen-bond acceptors (Lipinski definition) is 2. The van der Waals surface area contributed by atoms with Crippen molar-refractivity contribution in [2.45, 2.75) is 47.6 Å². The molecule has 104 valence electrons. The van der Waals surface area contributed by atoms with Crippen LogP contribution in [-0.4, -0.2) is 23.4 Å². The number of rotatable bonds is 6. The van der Waals surface area contributed by atoms with Crippen molar-refractivity contribution < 1.29 is 0 Å². The van der Waals surface area contributed by atoms with E-state index in [-0.39, 0.29) is 5.41 Å². The molecule has 0 aliphatic carbocycles. The Hall–Kier alpha value is -0.540. The van der Waals surface area contributed by atoms with Gasteiger partial charge in [0.25, 0.3) is 0 Å². The van der Waals surface area contributed by atoms with Gasteiger partial charge in [0.1, 0.15) is 0 Å². The fourth-order valence-electron chi connectivity index (χ4n) is 2.29. The van der Waals surface area contributed by atoms with Gasteiger partial charge in [-0.3, -0.25) is 4.68 Å². The van der Waals surface area contributed by atoms with E-state index < -0.39 is 0 Å². The number of hydrogen-bond donors (Lipinski definition) is 1. The molecule has 0 radical (unpaired) electrons. The van der Waals surface area contributed by atoms with E-state index in [1.165, 1.54) is 5.69 Å². The van der Waals surface area contributed by atoms with E-state index in [0.29, 0.717) is 5.92 Å². The average Bonchev–Trinajstić information content (AvgIpc) is 2.57. The summed E-state index contributed by atoms with van der Waals surface area (Å²) in [5.74, 6) is 0.585. The van der Waals surface area contributed by atoms with Gasteiger partial charge >= 0.3 is 0 Å². The van der Waals surface area contributed by atoms with Gasteiger partial charge < -0.3 is 5.32 Å². The summed E-state index contributed by atoms with van der Waals surface area (Å²) in [5.41, 5.74) is 2.30. The molecule has 1 unspecified atom stereocenters. The number of halogens is 1.